The van der Waals surface area contributed by atoms with Gasteiger partial charge >= 0.3 is 0 Å². The van der Waals surface area contributed by atoms with Crippen LogP contribution in [0.1, 0.15) is 25.7 Å². The van der Waals surface area contributed by atoms with Crippen molar-refractivity contribution in [3.8, 4) is 0 Å². The standard InChI is InChI=1S/C11H22N2/c1-12-8-5-11(9-12)10-13-6-3-2-4-7-13/h11H,2-10H2,1H3/t11-/m1/s1. The van der Waals surface area contributed by atoms with E-state index in [1.807, 2.05) is 0 Å². The summed E-state index contributed by atoms with van der Waals surface area (Å²) in [6.45, 7) is 6.74. The molecular weight excluding hydrogens is 160 g/mol. The van der Waals surface area contributed by atoms with Crippen molar-refractivity contribution in [3.05, 3.63) is 0 Å². The molecular formula is C11H22N2. The molecule has 2 rings (SSSR count). The summed E-state index contributed by atoms with van der Waals surface area (Å²) in [6, 6.07) is 0. The summed E-state index contributed by atoms with van der Waals surface area (Å²) in [5.74, 6) is 0.961. The van der Waals surface area contributed by atoms with Crippen LogP contribution in [0.4, 0.5) is 0 Å². The van der Waals surface area contributed by atoms with Crippen LogP contribution in [0.2, 0.25) is 0 Å². The highest BCUT2D eigenvalue weighted by atomic mass is 15.2. The van der Waals surface area contributed by atoms with Gasteiger partial charge in [0, 0.05) is 13.1 Å². The van der Waals surface area contributed by atoms with Gasteiger partial charge in [-0.2, -0.15) is 0 Å². The molecule has 2 fully saturated rings. The Bertz CT molecular complexity index is 149. The summed E-state index contributed by atoms with van der Waals surface area (Å²) >= 11 is 0. The van der Waals surface area contributed by atoms with Crippen LogP contribution in [0.25, 0.3) is 0 Å². The maximum Gasteiger partial charge on any atom is 0.00224 e. The monoisotopic (exact) mass is 182 g/mol. The van der Waals surface area contributed by atoms with Crippen LogP contribution in [0.3, 0.4) is 0 Å². The fourth-order valence-corrected chi connectivity index (χ4v) is 2.68. The van der Waals surface area contributed by atoms with Gasteiger partial charge in [0.2, 0.25) is 0 Å². The third-order valence-corrected chi connectivity index (χ3v) is 3.45. The fraction of sp³-hybridized carbons (Fsp3) is 1.00. The highest BCUT2D eigenvalue weighted by Gasteiger charge is 2.22. The predicted molar refractivity (Wildman–Crippen MR) is 55.9 cm³/mol. The van der Waals surface area contributed by atoms with Crippen molar-refractivity contribution in [1.29, 1.82) is 0 Å². The molecule has 2 aliphatic heterocycles. The summed E-state index contributed by atoms with van der Waals surface area (Å²) in [5, 5.41) is 0. The van der Waals surface area contributed by atoms with Crippen molar-refractivity contribution in [2.75, 3.05) is 39.8 Å². The topological polar surface area (TPSA) is 6.48 Å². The normalized spacial score (nSPS) is 32.5. The summed E-state index contributed by atoms with van der Waals surface area (Å²) in [7, 11) is 2.25. The summed E-state index contributed by atoms with van der Waals surface area (Å²) in [5.41, 5.74) is 0. The highest BCUT2D eigenvalue weighted by molar-refractivity contribution is 4.77. The highest BCUT2D eigenvalue weighted by Crippen LogP contribution is 2.18. The van der Waals surface area contributed by atoms with E-state index in [9.17, 15) is 0 Å². The molecule has 0 unspecified atom stereocenters. The number of likely N-dealkylation sites (tertiary alicyclic amines) is 2. The molecule has 0 aliphatic carbocycles. The third-order valence-electron chi connectivity index (χ3n) is 3.45. The first-order valence-electron chi connectivity index (χ1n) is 5.75. The first-order chi connectivity index (χ1) is 6.34. The quantitative estimate of drug-likeness (QED) is 0.637. The molecule has 0 aromatic heterocycles. The van der Waals surface area contributed by atoms with Gasteiger partial charge in [-0.1, -0.05) is 6.42 Å². The Morgan fingerprint density at radius 3 is 2.46 bits per heavy atom. The molecule has 76 valence electrons. The average molecular weight is 182 g/mol. The van der Waals surface area contributed by atoms with E-state index >= 15 is 0 Å². The molecule has 0 N–H and O–H groups in total. The molecule has 0 amide bonds. The van der Waals surface area contributed by atoms with E-state index in [4.69, 9.17) is 0 Å². The molecule has 0 radical (unpaired) electrons. The lowest BCUT2D eigenvalue weighted by Crippen LogP contribution is -2.34. The van der Waals surface area contributed by atoms with E-state index in [2.05, 4.69) is 16.8 Å². The molecule has 1 atom stereocenters. The zero-order valence-electron chi connectivity index (χ0n) is 8.84. The number of piperidine rings is 1. The lowest BCUT2D eigenvalue weighted by molar-refractivity contribution is 0.196. The zero-order valence-corrected chi connectivity index (χ0v) is 8.84. The Hall–Kier alpha value is -0.0800. The summed E-state index contributed by atoms with van der Waals surface area (Å²) in [6.07, 6.45) is 5.75. The van der Waals surface area contributed by atoms with E-state index < -0.39 is 0 Å². The Labute approximate surface area is 81.9 Å². The molecule has 0 saturated carbocycles. The minimum Gasteiger partial charge on any atom is -0.306 e. The van der Waals surface area contributed by atoms with E-state index in [0.717, 1.165) is 5.92 Å². The summed E-state index contributed by atoms with van der Waals surface area (Å²) in [4.78, 5) is 5.14. The second-order valence-corrected chi connectivity index (χ2v) is 4.78. The van der Waals surface area contributed by atoms with Crippen LogP contribution >= 0.6 is 0 Å². The molecule has 13 heavy (non-hydrogen) atoms. The van der Waals surface area contributed by atoms with Crippen molar-refractivity contribution >= 4 is 0 Å². The van der Waals surface area contributed by atoms with E-state index in [1.165, 1.54) is 58.4 Å². The molecule has 2 heterocycles. The van der Waals surface area contributed by atoms with Crippen LogP contribution in [0.5, 0.6) is 0 Å². The largest absolute Gasteiger partial charge is 0.306 e. The minimum absolute atomic E-state index is 0.961. The van der Waals surface area contributed by atoms with Crippen LogP contribution in [-0.2, 0) is 0 Å². The van der Waals surface area contributed by atoms with Crippen molar-refractivity contribution in [2.24, 2.45) is 5.92 Å². The van der Waals surface area contributed by atoms with Crippen LogP contribution in [0, 0.1) is 5.92 Å². The minimum atomic E-state index is 0.961. The zero-order chi connectivity index (χ0) is 9.10. The number of hydrogen-bond acceptors (Lipinski definition) is 2. The van der Waals surface area contributed by atoms with E-state index in [0.29, 0.717) is 0 Å². The van der Waals surface area contributed by atoms with Gasteiger partial charge in [-0.25, -0.2) is 0 Å². The first-order valence-corrected chi connectivity index (χ1v) is 5.75. The fourth-order valence-electron chi connectivity index (χ4n) is 2.68. The van der Waals surface area contributed by atoms with Crippen LogP contribution in [0.15, 0.2) is 0 Å². The summed E-state index contributed by atoms with van der Waals surface area (Å²) < 4.78 is 0. The maximum atomic E-state index is 2.67. The van der Waals surface area contributed by atoms with Crippen molar-refractivity contribution in [3.63, 3.8) is 0 Å². The van der Waals surface area contributed by atoms with Gasteiger partial charge in [0.05, 0.1) is 0 Å². The number of hydrogen-bond donors (Lipinski definition) is 0. The first kappa shape index (κ1) is 9.47. The molecule has 0 bridgehead atoms. The van der Waals surface area contributed by atoms with E-state index in [-0.39, 0.29) is 0 Å². The average Bonchev–Trinajstić information content (AvgIpc) is 2.53. The molecule has 0 aromatic carbocycles. The molecule has 2 heteroatoms. The van der Waals surface area contributed by atoms with E-state index in [1.54, 1.807) is 0 Å². The molecule has 2 aliphatic rings. The van der Waals surface area contributed by atoms with Crippen molar-refractivity contribution in [1.82, 2.24) is 9.80 Å². The van der Waals surface area contributed by atoms with Gasteiger partial charge in [0.15, 0.2) is 0 Å². The third kappa shape index (κ3) is 2.68. The lowest BCUT2D eigenvalue weighted by atomic mass is 10.1. The maximum absolute atomic E-state index is 2.67. The van der Waals surface area contributed by atoms with Crippen LogP contribution in [-0.4, -0.2) is 49.6 Å². The molecule has 0 spiro atoms. The molecule has 2 saturated heterocycles. The number of rotatable bonds is 2. The predicted octanol–water partition coefficient (Wildman–Crippen LogP) is 1.42. The van der Waals surface area contributed by atoms with Gasteiger partial charge in [-0.3, -0.25) is 0 Å². The Balaban J connectivity index is 1.71. The SMILES string of the molecule is CN1CC[C@@H](CN2CCCCC2)C1. The lowest BCUT2D eigenvalue weighted by Gasteiger charge is -2.28. The Morgan fingerprint density at radius 1 is 1.08 bits per heavy atom. The van der Waals surface area contributed by atoms with Gasteiger partial charge in [0.1, 0.15) is 0 Å². The second kappa shape index (κ2) is 4.43. The van der Waals surface area contributed by atoms with Crippen molar-refractivity contribution in [2.45, 2.75) is 25.7 Å². The molecule has 0 aromatic rings. The van der Waals surface area contributed by atoms with Crippen LogP contribution < -0.4 is 0 Å². The van der Waals surface area contributed by atoms with Crippen molar-refractivity contribution < 1.29 is 0 Å². The number of nitrogens with zero attached hydrogens (tertiary/aromatic N) is 2. The van der Waals surface area contributed by atoms with Gasteiger partial charge < -0.3 is 9.80 Å². The van der Waals surface area contributed by atoms with Gasteiger partial charge in [-0.15, -0.1) is 0 Å². The van der Waals surface area contributed by atoms with Gasteiger partial charge in [-0.05, 0) is 51.9 Å². The molecule has 2 nitrogen and oxygen atoms in total. The Morgan fingerprint density at radius 2 is 1.85 bits per heavy atom. The smallest absolute Gasteiger partial charge is 0.00224 e. The Kier molecular flexibility index (Phi) is 3.23. The second-order valence-electron chi connectivity index (χ2n) is 4.78. The van der Waals surface area contributed by atoms with Gasteiger partial charge in [0.25, 0.3) is 0 Å².